The molecule has 0 heterocycles. The lowest BCUT2D eigenvalue weighted by atomic mass is 9.67. The van der Waals surface area contributed by atoms with E-state index in [1.165, 1.54) is 4.90 Å². The summed E-state index contributed by atoms with van der Waals surface area (Å²) in [6.45, 7) is 0. The molecule has 10 rings (SSSR count). The van der Waals surface area contributed by atoms with Crippen molar-refractivity contribution < 1.29 is 11.0 Å². The highest BCUT2D eigenvalue weighted by Gasteiger charge is 2.46. The molecular formula is C53H37N. The van der Waals surface area contributed by atoms with E-state index in [2.05, 4.69) is 36.4 Å². The van der Waals surface area contributed by atoms with Crippen LogP contribution in [0.15, 0.2) is 224 Å². The first kappa shape index (κ1) is 24.3. The topological polar surface area (TPSA) is 3.24 Å². The SMILES string of the molecule is [2H]c1c([2H])c(-c2cccc3ccccc23)c([2H])c(N(c2ccc3c(c2)C(c2ccccc2)(c2ccccc2)c2ccccc2-3)c2c([2H])c([2H])c(-c3ccccc3)c([2H])c2[2H])c1[2H]. The minimum Gasteiger partial charge on any atom is -0.310 e. The minimum absolute atomic E-state index is 0.121. The van der Waals surface area contributed by atoms with Gasteiger partial charge in [-0.2, -0.15) is 0 Å². The van der Waals surface area contributed by atoms with E-state index in [4.69, 9.17) is 0 Å². The van der Waals surface area contributed by atoms with E-state index in [1.807, 2.05) is 109 Å². The van der Waals surface area contributed by atoms with Gasteiger partial charge in [-0.1, -0.05) is 188 Å². The maximum absolute atomic E-state index is 10.0. The summed E-state index contributed by atoms with van der Waals surface area (Å²) in [4.78, 5) is 1.45. The molecule has 1 heteroatoms. The predicted molar refractivity (Wildman–Crippen MR) is 227 cm³/mol. The van der Waals surface area contributed by atoms with Crippen LogP contribution < -0.4 is 4.90 Å². The molecule has 0 aromatic heterocycles. The molecule has 54 heavy (non-hydrogen) atoms. The molecule has 0 spiro atoms. The Morgan fingerprint density at radius 2 is 1.00 bits per heavy atom. The van der Waals surface area contributed by atoms with Crippen molar-refractivity contribution in [2.45, 2.75) is 5.41 Å². The molecule has 0 saturated carbocycles. The molecule has 0 bridgehead atoms. The summed E-state index contributed by atoms with van der Waals surface area (Å²) in [5, 5.41) is 1.63. The number of anilines is 3. The fourth-order valence-corrected chi connectivity index (χ4v) is 8.13. The molecule has 0 N–H and O–H groups in total. The summed E-state index contributed by atoms with van der Waals surface area (Å²) in [7, 11) is 0. The normalized spacial score (nSPS) is 14.7. The molecule has 1 aliphatic rings. The van der Waals surface area contributed by atoms with E-state index in [9.17, 15) is 11.0 Å². The zero-order valence-electron chi connectivity index (χ0n) is 37.2. The van der Waals surface area contributed by atoms with Crippen LogP contribution in [0.25, 0.3) is 44.2 Å². The van der Waals surface area contributed by atoms with Gasteiger partial charge in [0.2, 0.25) is 0 Å². The number of benzene rings is 9. The van der Waals surface area contributed by atoms with Gasteiger partial charge in [-0.3, -0.25) is 0 Å². The molecule has 0 saturated heterocycles. The number of fused-ring (bicyclic) bond motifs is 4. The van der Waals surface area contributed by atoms with Gasteiger partial charge in [-0.15, -0.1) is 0 Å². The third-order valence-electron chi connectivity index (χ3n) is 10.5. The van der Waals surface area contributed by atoms with Crippen molar-refractivity contribution in [2.24, 2.45) is 0 Å². The Kier molecular flexibility index (Phi) is 5.95. The van der Waals surface area contributed by atoms with Gasteiger partial charge in [0.05, 0.1) is 16.4 Å². The van der Waals surface area contributed by atoms with Crippen LogP contribution in [0, 0.1) is 0 Å². The third kappa shape index (κ3) is 5.17. The number of nitrogens with zero attached hydrogens (tertiary/aromatic N) is 1. The molecule has 0 fully saturated rings. The van der Waals surface area contributed by atoms with Crippen LogP contribution in [0.2, 0.25) is 0 Å². The van der Waals surface area contributed by atoms with Gasteiger partial charge in [0.15, 0.2) is 0 Å². The van der Waals surface area contributed by atoms with E-state index in [0.717, 1.165) is 44.2 Å². The number of hydrogen-bond acceptors (Lipinski definition) is 1. The number of rotatable bonds is 7. The van der Waals surface area contributed by atoms with Crippen molar-refractivity contribution in [1.82, 2.24) is 0 Å². The smallest absolute Gasteiger partial charge is 0.0714 e. The molecule has 0 aliphatic heterocycles. The van der Waals surface area contributed by atoms with E-state index in [-0.39, 0.29) is 58.8 Å². The molecule has 0 amide bonds. The fourth-order valence-electron chi connectivity index (χ4n) is 8.13. The van der Waals surface area contributed by atoms with Crippen molar-refractivity contribution in [3.63, 3.8) is 0 Å². The lowest BCUT2D eigenvalue weighted by Crippen LogP contribution is -2.28. The van der Waals surface area contributed by atoms with E-state index in [0.29, 0.717) is 16.8 Å². The average molecular weight is 696 g/mol. The Bertz CT molecular complexity index is 3150. The first-order valence-corrected chi connectivity index (χ1v) is 18.0. The zero-order chi connectivity index (χ0) is 42.9. The highest BCUT2D eigenvalue weighted by atomic mass is 15.1. The van der Waals surface area contributed by atoms with Crippen molar-refractivity contribution in [2.75, 3.05) is 4.90 Å². The van der Waals surface area contributed by atoms with Gasteiger partial charge >= 0.3 is 0 Å². The van der Waals surface area contributed by atoms with Gasteiger partial charge in [0.25, 0.3) is 0 Å². The average Bonchev–Trinajstić information content (AvgIpc) is 3.61. The molecule has 0 atom stereocenters. The van der Waals surface area contributed by atoms with Crippen molar-refractivity contribution >= 4 is 27.8 Å². The van der Waals surface area contributed by atoms with Crippen molar-refractivity contribution in [1.29, 1.82) is 0 Å². The Hall–Kier alpha value is -6.96. The van der Waals surface area contributed by atoms with Crippen molar-refractivity contribution in [3.05, 3.63) is 247 Å². The maximum Gasteiger partial charge on any atom is 0.0714 e. The van der Waals surface area contributed by atoms with E-state index in [1.54, 1.807) is 30.3 Å². The molecule has 9 aromatic rings. The van der Waals surface area contributed by atoms with Crippen LogP contribution >= 0.6 is 0 Å². The number of hydrogen-bond donors (Lipinski definition) is 0. The van der Waals surface area contributed by atoms with Gasteiger partial charge < -0.3 is 4.90 Å². The highest BCUT2D eigenvalue weighted by Crippen LogP contribution is 2.57. The molecule has 254 valence electrons. The molecule has 0 unspecified atom stereocenters. The largest absolute Gasteiger partial charge is 0.310 e. The van der Waals surface area contributed by atoms with Crippen LogP contribution in [0.4, 0.5) is 17.1 Å². The quantitative estimate of drug-likeness (QED) is 0.160. The minimum atomic E-state index is -0.852. The van der Waals surface area contributed by atoms with Crippen LogP contribution in [0.1, 0.15) is 33.2 Å². The predicted octanol–water partition coefficient (Wildman–Crippen LogP) is 14.0. The first-order chi connectivity index (χ1) is 30.1. The second-order valence-corrected chi connectivity index (χ2v) is 13.4. The van der Waals surface area contributed by atoms with Gasteiger partial charge in [0, 0.05) is 17.1 Å². The summed E-state index contributed by atoms with van der Waals surface area (Å²) in [6.07, 6.45) is 0. The lowest BCUT2D eigenvalue weighted by Gasteiger charge is -2.35. The highest BCUT2D eigenvalue weighted by molar-refractivity contribution is 5.98. The van der Waals surface area contributed by atoms with E-state index >= 15 is 0 Å². The third-order valence-corrected chi connectivity index (χ3v) is 10.5. The molecule has 9 aromatic carbocycles. The Morgan fingerprint density at radius 3 is 1.76 bits per heavy atom. The van der Waals surface area contributed by atoms with E-state index < -0.39 is 17.5 Å². The first-order valence-electron chi connectivity index (χ1n) is 22.0. The Balaban J connectivity index is 1.34. The second kappa shape index (κ2) is 13.2. The van der Waals surface area contributed by atoms with Gasteiger partial charge in [-0.05, 0) is 103 Å². The molecule has 0 radical (unpaired) electrons. The van der Waals surface area contributed by atoms with Crippen LogP contribution in [-0.2, 0) is 5.41 Å². The molecule has 1 aliphatic carbocycles. The molecule has 1 nitrogen and oxygen atoms in total. The van der Waals surface area contributed by atoms with Gasteiger partial charge in [-0.25, -0.2) is 0 Å². The summed E-state index contributed by atoms with van der Waals surface area (Å²) in [6, 6.07) is 53.8. The summed E-state index contributed by atoms with van der Waals surface area (Å²) < 4.78 is 76.3. The standard InChI is InChI=1S/C53H37N/c1-4-16-38(17-5-1)39-30-32-44(33-31-39)54(45-25-14-20-41(36-45)48-28-15-19-40-18-10-11-26-47(40)48)46-34-35-50-49-27-12-13-29-51(49)53(52(50)37-46,42-21-6-2-7-22-42)43-23-8-3-9-24-43/h1-37H/i14D,20D,25D,30D,31D,32D,33D,36D. The summed E-state index contributed by atoms with van der Waals surface area (Å²) >= 11 is 0. The van der Waals surface area contributed by atoms with Crippen LogP contribution in [-0.4, -0.2) is 0 Å². The Morgan fingerprint density at radius 1 is 0.389 bits per heavy atom. The maximum atomic E-state index is 10.0. The fraction of sp³-hybridized carbons (Fsp3) is 0.0189. The van der Waals surface area contributed by atoms with Crippen molar-refractivity contribution in [3.8, 4) is 33.4 Å². The summed E-state index contributed by atoms with van der Waals surface area (Å²) in [5.41, 5.74) is 6.41. The lowest BCUT2D eigenvalue weighted by molar-refractivity contribution is 0.768. The zero-order valence-corrected chi connectivity index (χ0v) is 29.2. The monoisotopic (exact) mass is 695 g/mol. The Labute approximate surface area is 328 Å². The van der Waals surface area contributed by atoms with Crippen LogP contribution in [0.3, 0.4) is 0 Å². The second-order valence-electron chi connectivity index (χ2n) is 13.4. The summed E-state index contributed by atoms with van der Waals surface area (Å²) in [5.74, 6) is 0. The van der Waals surface area contributed by atoms with Crippen LogP contribution in [0.5, 0.6) is 0 Å². The molecular weight excluding hydrogens is 651 g/mol. The van der Waals surface area contributed by atoms with Gasteiger partial charge in [0.1, 0.15) is 0 Å².